The first-order valence-electron chi connectivity index (χ1n) is 6.43. The third-order valence-corrected chi connectivity index (χ3v) is 3.06. The fourth-order valence-electron chi connectivity index (χ4n) is 1.76. The highest BCUT2D eigenvalue weighted by Crippen LogP contribution is 2.27. The van der Waals surface area contributed by atoms with Crippen molar-refractivity contribution in [3.63, 3.8) is 0 Å². The monoisotopic (exact) mass is 295 g/mol. The lowest BCUT2D eigenvalue weighted by atomic mass is 10.1. The molecule has 1 aromatic rings. The van der Waals surface area contributed by atoms with E-state index in [1.165, 1.54) is 4.90 Å². The molecule has 1 rings (SSSR count). The molecule has 0 aliphatic carbocycles. The highest BCUT2D eigenvalue weighted by Gasteiger charge is 2.12. The zero-order valence-corrected chi connectivity index (χ0v) is 12.5. The molecular formula is C14H21N3O4. The van der Waals surface area contributed by atoms with Crippen LogP contribution >= 0.6 is 0 Å². The minimum Gasteiger partial charge on any atom is -0.493 e. The normalized spacial score (nSPS) is 11.1. The molecule has 0 bridgehead atoms. The van der Waals surface area contributed by atoms with Crippen LogP contribution in [0, 0.1) is 0 Å². The second-order valence-electron chi connectivity index (χ2n) is 4.52. The smallest absolute Gasteiger partial charge is 0.226 e. The quantitative estimate of drug-likeness (QED) is 0.336. The topological polar surface area (TPSA) is 97.4 Å². The summed E-state index contributed by atoms with van der Waals surface area (Å²) in [6.07, 6.45) is 0.567. The molecule has 0 radical (unpaired) electrons. The Balaban J connectivity index is 2.65. The number of likely N-dealkylation sites (N-methyl/N-ethyl adjacent to an activating group) is 1. The lowest BCUT2D eigenvalue weighted by Crippen LogP contribution is -2.31. The lowest BCUT2D eigenvalue weighted by Gasteiger charge is -2.17. The molecule has 1 amide bonds. The predicted octanol–water partition coefficient (Wildman–Crippen LogP) is 0.841. The summed E-state index contributed by atoms with van der Waals surface area (Å²) in [4.78, 5) is 13.6. The molecule has 0 unspecified atom stereocenters. The van der Waals surface area contributed by atoms with Gasteiger partial charge in [-0.2, -0.15) is 0 Å². The highest BCUT2D eigenvalue weighted by atomic mass is 16.5. The molecule has 0 aliphatic heterocycles. The Morgan fingerprint density at radius 3 is 2.57 bits per heavy atom. The van der Waals surface area contributed by atoms with Gasteiger partial charge in [0.25, 0.3) is 0 Å². The van der Waals surface area contributed by atoms with Gasteiger partial charge < -0.3 is 25.3 Å². The van der Waals surface area contributed by atoms with Crippen LogP contribution < -0.4 is 15.2 Å². The molecule has 0 fully saturated rings. The molecule has 0 saturated heterocycles. The summed E-state index contributed by atoms with van der Waals surface area (Å²) in [6.45, 7) is 0.391. The third-order valence-electron chi connectivity index (χ3n) is 3.06. The summed E-state index contributed by atoms with van der Waals surface area (Å²) < 4.78 is 10.4. The molecule has 0 heterocycles. The van der Waals surface area contributed by atoms with Crippen LogP contribution in [0.2, 0.25) is 0 Å². The number of hydrogen-bond donors (Lipinski definition) is 2. The van der Waals surface area contributed by atoms with E-state index in [0.717, 1.165) is 5.56 Å². The number of methoxy groups -OCH3 is 2. The van der Waals surface area contributed by atoms with Gasteiger partial charge in [0.05, 0.1) is 20.6 Å². The van der Waals surface area contributed by atoms with Crippen molar-refractivity contribution in [3.8, 4) is 11.5 Å². The number of nitrogens with two attached hydrogens (primary N) is 1. The number of benzene rings is 1. The van der Waals surface area contributed by atoms with Gasteiger partial charge in [0.1, 0.15) is 5.84 Å². The molecule has 0 aliphatic rings. The van der Waals surface area contributed by atoms with E-state index < -0.39 is 0 Å². The van der Waals surface area contributed by atoms with Crippen molar-refractivity contribution < 1.29 is 19.5 Å². The number of amides is 1. The molecule has 7 heteroatoms. The predicted molar refractivity (Wildman–Crippen MR) is 78.9 cm³/mol. The van der Waals surface area contributed by atoms with E-state index in [2.05, 4.69) is 5.16 Å². The van der Waals surface area contributed by atoms with E-state index >= 15 is 0 Å². The first-order chi connectivity index (χ1) is 10.0. The Morgan fingerprint density at radius 1 is 1.33 bits per heavy atom. The van der Waals surface area contributed by atoms with Crippen LogP contribution in [0.3, 0.4) is 0 Å². The number of rotatable bonds is 7. The van der Waals surface area contributed by atoms with Gasteiger partial charge in [0.15, 0.2) is 11.5 Å². The van der Waals surface area contributed by atoms with E-state index in [4.69, 9.17) is 20.4 Å². The largest absolute Gasteiger partial charge is 0.493 e. The molecule has 0 aromatic heterocycles. The van der Waals surface area contributed by atoms with Crippen LogP contribution in [0.1, 0.15) is 12.0 Å². The van der Waals surface area contributed by atoms with E-state index in [1.54, 1.807) is 33.4 Å². The first-order valence-corrected chi connectivity index (χ1v) is 6.43. The molecule has 116 valence electrons. The number of ether oxygens (including phenoxy) is 2. The number of hydrogen-bond acceptors (Lipinski definition) is 5. The van der Waals surface area contributed by atoms with Gasteiger partial charge in [-0.25, -0.2) is 0 Å². The average molecular weight is 295 g/mol. The van der Waals surface area contributed by atoms with Gasteiger partial charge in [0, 0.05) is 20.0 Å². The molecule has 0 saturated carbocycles. The standard InChI is InChI=1S/C14H21N3O4/c1-17(7-6-13(15)16-19)14(18)9-10-4-5-11(20-2)12(8-10)21-3/h4-5,8,19H,6-7,9H2,1-3H3,(H2,15,16). The minimum atomic E-state index is -0.0621. The number of carbonyl (C=O) groups is 1. The maximum atomic E-state index is 12.1. The Bertz CT molecular complexity index is 517. The van der Waals surface area contributed by atoms with E-state index in [1.807, 2.05) is 6.07 Å². The number of oxime groups is 1. The fourth-order valence-corrected chi connectivity index (χ4v) is 1.76. The molecule has 1 aromatic carbocycles. The summed E-state index contributed by atoms with van der Waals surface area (Å²) in [6, 6.07) is 5.35. The lowest BCUT2D eigenvalue weighted by molar-refractivity contribution is -0.129. The van der Waals surface area contributed by atoms with Crippen molar-refractivity contribution in [2.45, 2.75) is 12.8 Å². The van der Waals surface area contributed by atoms with E-state index in [0.29, 0.717) is 24.5 Å². The van der Waals surface area contributed by atoms with Gasteiger partial charge in [-0.1, -0.05) is 11.2 Å². The average Bonchev–Trinajstić information content (AvgIpc) is 2.51. The molecular weight excluding hydrogens is 274 g/mol. The molecule has 21 heavy (non-hydrogen) atoms. The second kappa shape index (κ2) is 7.98. The summed E-state index contributed by atoms with van der Waals surface area (Å²) in [5, 5.41) is 11.3. The first kappa shape index (κ1) is 16.6. The van der Waals surface area contributed by atoms with Crippen molar-refractivity contribution in [1.82, 2.24) is 4.90 Å². The Labute approximate surface area is 123 Å². The molecule has 3 N–H and O–H groups in total. The van der Waals surface area contributed by atoms with Gasteiger partial charge >= 0.3 is 0 Å². The van der Waals surface area contributed by atoms with Gasteiger partial charge in [0.2, 0.25) is 5.91 Å². The second-order valence-corrected chi connectivity index (χ2v) is 4.52. The molecule has 7 nitrogen and oxygen atoms in total. The summed E-state index contributed by atoms with van der Waals surface area (Å²) in [5.41, 5.74) is 6.20. The maximum Gasteiger partial charge on any atom is 0.226 e. The van der Waals surface area contributed by atoms with Crippen molar-refractivity contribution in [1.29, 1.82) is 0 Å². The molecule has 0 spiro atoms. The molecule has 0 atom stereocenters. The number of carbonyl (C=O) groups excluding carboxylic acids is 1. The van der Waals surface area contributed by atoms with Crippen LogP contribution in [0.25, 0.3) is 0 Å². The van der Waals surface area contributed by atoms with Crippen LogP contribution in [0.15, 0.2) is 23.4 Å². The van der Waals surface area contributed by atoms with Crippen molar-refractivity contribution >= 4 is 11.7 Å². The zero-order valence-electron chi connectivity index (χ0n) is 12.5. The SMILES string of the molecule is COc1ccc(CC(=O)N(C)CC/C(N)=N/O)cc1OC. The van der Waals surface area contributed by atoms with Crippen LogP contribution in [-0.4, -0.2) is 49.7 Å². The van der Waals surface area contributed by atoms with Crippen LogP contribution in [0.4, 0.5) is 0 Å². The van der Waals surface area contributed by atoms with Crippen LogP contribution in [-0.2, 0) is 11.2 Å². The summed E-state index contributed by atoms with van der Waals surface area (Å²) >= 11 is 0. The van der Waals surface area contributed by atoms with E-state index in [9.17, 15) is 4.79 Å². The van der Waals surface area contributed by atoms with Gasteiger partial charge in [-0.3, -0.25) is 4.79 Å². The maximum absolute atomic E-state index is 12.1. The number of amidine groups is 1. The Hall–Kier alpha value is -2.44. The minimum absolute atomic E-state index is 0.0621. The van der Waals surface area contributed by atoms with Gasteiger partial charge in [-0.15, -0.1) is 0 Å². The Morgan fingerprint density at radius 2 is 2.00 bits per heavy atom. The number of nitrogens with zero attached hydrogens (tertiary/aromatic N) is 2. The Kier molecular flexibility index (Phi) is 6.32. The van der Waals surface area contributed by atoms with E-state index in [-0.39, 0.29) is 18.2 Å². The fraction of sp³-hybridized carbons (Fsp3) is 0.429. The van der Waals surface area contributed by atoms with Crippen LogP contribution in [0.5, 0.6) is 11.5 Å². The summed E-state index contributed by atoms with van der Waals surface area (Å²) in [5.74, 6) is 1.24. The van der Waals surface area contributed by atoms with Crippen molar-refractivity contribution in [2.24, 2.45) is 10.9 Å². The van der Waals surface area contributed by atoms with Gasteiger partial charge in [-0.05, 0) is 17.7 Å². The third kappa shape index (κ3) is 4.87. The zero-order chi connectivity index (χ0) is 15.8. The van der Waals surface area contributed by atoms with Crippen molar-refractivity contribution in [2.75, 3.05) is 27.8 Å². The van der Waals surface area contributed by atoms with Crippen molar-refractivity contribution in [3.05, 3.63) is 23.8 Å². The highest BCUT2D eigenvalue weighted by molar-refractivity contribution is 5.82. The summed E-state index contributed by atoms with van der Waals surface area (Å²) in [7, 11) is 4.78.